The number of carbonyl (C=O) groups excluding carboxylic acids is 2. The number of aryl methyl sites for hydroxylation is 1. The van der Waals surface area contributed by atoms with Gasteiger partial charge in [0.05, 0.1) is 25.0 Å². The van der Waals surface area contributed by atoms with Crippen LogP contribution in [0, 0.1) is 6.92 Å². The van der Waals surface area contributed by atoms with Crippen LogP contribution >= 0.6 is 0 Å². The highest BCUT2D eigenvalue weighted by Gasteiger charge is 2.26. The lowest BCUT2D eigenvalue weighted by Gasteiger charge is -2.34. The predicted octanol–water partition coefficient (Wildman–Crippen LogP) is 2.55. The van der Waals surface area contributed by atoms with E-state index >= 15 is 0 Å². The van der Waals surface area contributed by atoms with Crippen LogP contribution < -0.4 is 11.1 Å². The maximum atomic E-state index is 12.8. The Labute approximate surface area is 239 Å². The second-order valence-corrected chi connectivity index (χ2v) is 9.85. The lowest BCUT2D eigenvalue weighted by atomic mass is 10.1. The second-order valence-electron chi connectivity index (χ2n) is 9.85. The van der Waals surface area contributed by atoms with Gasteiger partial charge in [-0.25, -0.2) is 9.97 Å². The highest BCUT2D eigenvalue weighted by atomic mass is 16.5. The van der Waals surface area contributed by atoms with Gasteiger partial charge in [0.2, 0.25) is 11.7 Å². The molecule has 1 aromatic carbocycles. The van der Waals surface area contributed by atoms with Crippen LogP contribution in [-0.2, 0) is 6.54 Å². The van der Waals surface area contributed by atoms with Crippen molar-refractivity contribution in [3.8, 4) is 11.4 Å². The van der Waals surface area contributed by atoms with Gasteiger partial charge in [-0.1, -0.05) is 29.4 Å². The summed E-state index contributed by atoms with van der Waals surface area (Å²) in [5.41, 5.74) is 9.75. The number of pyridine rings is 2. The molecule has 212 valence electrons. The number of benzene rings is 1. The third-order valence-corrected chi connectivity index (χ3v) is 6.83. The first kappa shape index (κ1) is 26.8. The zero-order valence-electron chi connectivity index (χ0n) is 22.6. The standard InChI is InChI=1S/C21H20N6O3.C8H7N3O/c1-13-5-6-14(20-24-19(30-25-20)12-26-10-15(28)11-26)8-16(13)23-21(29)17-9-22-18-4-2-3-7-27(17)18;9-8(12)6-5-10-7-3-1-2-4-11(6)7/h2-9,15,28H,10-12H2,1H3,(H,23,29);1-5H,(H2,9,12). The summed E-state index contributed by atoms with van der Waals surface area (Å²) >= 11 is 0. The van der Waals surface area contributed by atoms with Crippen LogP contribution in [0.1, 0.15) is 32.4 Å². The summed E-state index contributed by atoms with van der Waals surface area (Å²) in [7, 11) is 0. The second kappa shape index (κ2) is 11.2. The van der Waals surface area contributed by atoms with E-state index in [4.69, 9.17) is 10.3 Å². The predicted molar refractivity (Wildman–Crippen MR) is 153 cm³/mol. The molecule has 1 fully saturated rings. The first-order valence-corrected chi connectivity index (χ1v) is 13.1. The summed E-state index contributed by atoms with van der Waals surface area (Å²) in [6, 6.07) is 16.7. The van der Waals surface area contributed by atoms with Crippen molar-refractivity contribution < 1.29 is 19.2 Å². The van der Waals surface area contributed by atoms with Crippen molar-refractivity contribution in [2.75, 3.05) is 18.4 Å². The van der Waals surface area contributed by atoms with Crippen molar-refractivity contribution in [3.05, 3.63) is 102 Å². The topological polar surface area (TPSA) is 169 Å². The molecule has 13 heteroatoms. The lowest BCUT2D eigenvalue weighted by Crippen LogP contribution is -2.49. The highest BCUT2D eigenvalue weighted by Crippen LogP contribution is 2.25. The summed E-state index contributed by atoms with van der Waals surface area (Å²) in [6.45, 7) is 3.65. The van der Waals surface area contributed by atoms with E-state index in [0.29, 0.717) is 54.1 Å². The third kappa shape index (κ3) is 5.46. The fourth-order valence-corrected chi connectivity index (χ4v) is 4.60. The number of rotatable bonds is 6. The molecular weight excluding hydrogens is 538 g/mol. The number of fused-ring (bicyclic) bond motifs is 2. The van der Waals surface area contributed by atoms with Gasteiger partial charge in [0.15, 0.2) is 0 Å². The Hall–Kier alpha value is -5.40. The molecule has 0 atom stereocenters. The normalized spacial score (nSPS) is 13.5. The van der Waals surface area contributed by atoms with Gasteiger partial charge in [0.1, 0.15) is 22.7 Å². The van der Waals surface area contributed by atoms with Crippen LogP contribution in [0.3, 0.4) is 0 Å². The van der Waals surface area contributed by atoms with Gasteiger partial charge in [-0.2, -0.15) is 4.98 Å². The minimum Gasteiger partial charge on any atom is -0.390 e. The molecule has 2 amide bonds. The van der Waals surface area contributed by atoms with E-state index in [2.05, 4.69) is 25.4 Å². The first-order valence-electron chi connectivity index (χ1n) is 13.1. The highest BCUT2D eigenvalue weighted by molar-refractivity contribution is 6.04. The Bertz CT molecular complexity index is 1900. The molecule has 0 saturated carbocycles. The fourth-order valence-electron chi connectivity index (χ4n) is 4.60. The van der Waals surface area contributed by atoms with Gasteiger partial charge in [0.25, 0.3) is 11.8 Å². The number of nitrogens with zero attached hydrogens (tertiary/aromatic N) is 7. The van der Waals surface area contributed by atoms with Gasteiger partial charge in [0, 0.05) is 36.7 Å². The number of likely N-dealkylation sites (tertiary alicyclic amines) is 1. The summed E-state index contributed by atoms with van der Waals surface area (Å²) in [6.07, 6.45) is 6.31. The number of anilines is 1. The monoisotopic (exact) mass is 565 g/mol. The van der Waals surface area contributed by atoms with E-state index < -0.39 is 5.91 Å². The molecule has 5 aromatic heterocycles. The summed E-state index contributed by atoms with van der Waals surface area (Å²) < 4.78 is 8.73. The third-order valence-electron chi connectivity index (χ3n) is 6.83. The average molecular weight is 566 g/mol. The zero-order chi connectivity index (χ0) is 29.2. The largest absolute Gasteiger partial charge is 0.390 e. The average Bonchev–Trinajstić information content (AvgIpc) is 3.72. The summed E-state index contributed by atoms with van der Waals surface area (Å²) in [5.74, 6) is 0.234. The van der Waals surface area contributed by atoms with E-state index in [1.807, 2.05) is 66.4 Å². The van der Waals surface area contributed by atoms with E-state index in [1.54, 1.807) is 27.4 Å². The van der Waals surface area contributed by atoms with Crippen molar-refractivity contribution in [1.82, 2.24) is 33.8 Å². The Kier molecular flexibility index (Phi) is 7.17. The number of nitrogens with one attached hydrogen (secondary N) is 1. The Balaban J connectivity index is 0.000000219. The Morgan fingerprint density at radius 2 is 1.67 bits per heavy atom. The summed E-state index contributed by atoms with van der Waals surface area (Å²) in [5, 5.41) is 16.4. The van der Waals surface area contributed by atoms with Gasteiger partial charge in [-0.05, 0) is 42.8 Å². The molecule has 13 nitrogen and oxygen atoms in total. The molecule has 0 bridgehead atoms. The molecule has 1 aliphatic rings. The number of aliphatic hydroxyl groups excluding tert-OH is 1. The van der Waals surface area contributed by atoms with Gasteiger partial charge < -0.3 is 20.7 Å². The number of nitrogens with two attached hydrogens (primary N) is 1. The number of β-amino-alcohol motifs (C(OH)–C–C–N with tert-alkyl or cyclic N) is 1. The molecule has 4 N–H and O–H groups in total. The minimum absolute atomic E-state index is 0.251. The minimum atomic E-state index is -0.464. The smallest absolute Gasteiger partial charge is 0.274 e. The number of amides is 2. The zero-order valence-corrected chi connectivity index (χ0v) is 22.6. The Morgan fingerprint density at radius 1 is 1.00 bits per heavy atom. The van der Waals surface area contributed by atoms with E-state index in [9.17, 15) is 14.7 Å². The van der Waals surface area contributed by atoms with Gasteiger partial charge in [-0.15, -0.1) is 0 Å². The first-order chi connectivity index (χ1) is 20.4. The molecule has 0 unspecified atom stereocenters. The van der Waals surface area contributed by atoms with Crippen molar-refractivity contribution in [3.63, 3.8) is 0 Å². The molecule has 0 spiro atoms. The van der Waals surface area contributed by atoms with Crippen LogP contribution in [0.4, 0.5) is 5.69 Å². The summed E-state index contributed by atoms with van der Waals surface area (Å²) in [4.78, 5) is 38.4. The molecule has 1 aliphatic heterocycles. The van der Waals surface area contributed by atoms with E-state index in [1.165, 1.54) is 6.20 Å². The number of hydrogen-bond donors (Lipinski definition) is 3. The van der Waals surface area contributed by atoms with Gasteiger partial charge >= 0.3 is 0 Å². The van der Waals surface area contributed by atoms with E-state index in [0.717, 1.165) is 16.8 Å². The van der Waals surface area contributed by atoms with Crippen LogP contribution in [0.25, 0.3) is 22.7 Å². The fraction of sp³-hybridized carbons (Fsp3) is 0.172. The number of aromatic nitrogens is 6. The van der Waals surface area contributed by atoms with Crippen molar-refractivity contribution in [2.45, 2.75) is 19.6 Å². The molecule has 42 heavy (non-hydrogen) atoms. The van der Waals surface area contributed by atoms with Crippen molar-refractivity contribution in [2.24, 2.45) is 5.73 Å². The molecule has 1 saturated heterocycles. The number of aliphatic hydroxyl groups is 1. The van der Waals surface area contributed by atoms with Crippen LogP contribution in [-0.4, -0.2) is 69.9 Å². The number of primary amides is 1. The number of imidazole rings is 2. The number of carbonyl (C=O) groups is 2. The quantitative estimate of drug-likeness (QED) is 0.275. The van der Waals surface area contributed by atoms with Crippen LogP contribution in [0.15, 0.2) is 83.9 Å². The molecule has 0 aliphatic carbocycles. The van der Waals surface area contributed by atoms with Crippen molar-refractivity contribution >= 4 is 28.8 Å². The van der Waals surface area contributed by atoms with Gasteiger partial charge in [-0.3, -0.25) is 23.3 Å². The molecule has 6 heterocycles. The number of hydrogen-bond acceptors (Lipinski definition) is 9. The van der Waals surface area contributed by atoms with Crippen molar-refractivity contribution in [1.29, 1.82) is 0 Å². The van der Waals surface area contributed by atoms with Crippen LogP contribution in [0.2, 0.25) is 0 Å². The molecular formula is C29H27N9O4. The SMILES string of the molecule is Cc1ccc(-c2noc(CN3CC(O)C3)n2)cc1NC(=O)c1cnc2ccccn12.NC(=O)c1cnc2ccccn12. The van der Waals surface area contributed by atoms with E-state index in [-0.39, 0.29) is 12.0 Å². The maximum absolute atomic E-state index is 12.8. The lowest BCUT2D eigenvalue weighted by molar-refractivity contribution is -0.00807. The molecule has 7 rings (SSSR count). The molecule has 6 aromatic rings. The Morgan fingerprint density at radius 3 is 2.33 bits per heavy atom. The van der Waals surface area contributed by atoms with Crippen LogP contribution in [0.5, 0.6) is 0 Å². The molecule has 0 radical (unpaired) electrons. The maximum Gasteiger partial charge on any atom is 0.274 e.